The molecule has 1 atom stereocenters. The molecule has 1 saturated carbocycles. The predicted octanol–water partition coefficient (Wildman–Crippen LogP) is 3.09. The lowest BCUT2D eigenvalue weighted by atomic mass is 9.85. The molecule has 1 aliphatic carbocycles. The van der Waals surface area contributed by atoms with Gasteiger partial charge in [-0.2, -0.15) is 5.10 Å². The highest BCUT2D eigenvalue weighted by Gasteiger charge is 2.65. The van der Waals surface area contributed by atoms with E-state index in [4.69, 9.17) is 19.1 Å². The SMILES string of the molecule is CON=C(C)C1(N(OC(=O)OC(C)(C)C)C(=O)OC(C)(C)C)C(=O)N(C)N=C1C1CC1. The van der Waals surface area contributed by atoms with E-state index in [2.05, 4.69) is 10.3 Å². The highest BCUT2D eigenvalue weighted by atomic mass is 16.8. The molecule has 1 heterocycles. The molecule has 11 nitrogen and oxygen atoms in total. The first kappa shape index (κ1) is 24.4. The smallest absolute Gasteiger partial charge is 0.442 e. The van der Waals surface area contributed by atoms with E-state index in [1.165, 1.54) is 21.1 Å². The van der Waals surface area contributed by atoms with E-state index in [9.17, 15) is 14.4 Å². The minimum atomic E-state index is -1.95. The highest BCUT2D eigenvalue weighted by molar-refractivity contribution is 6.35. The minimum absolute atomic E-state index is 0.0596. The van der Waals surface area contributed by atoms with Crippen molar-refractivity contribution in [3.8, 4) is 0 Å². The standard InChI is InChI=1S/C20H32N4O7/c1-12(22-28-9)20(14(13-10-11-13)21-23(8)15(20)25)24(16(26)29-18(2,3)4)31-17(27)30-19(5,6)7/h13H,10-11H2,1-9H3. The van der Waals surface area contributed by atoms with Crippen LogP contribution in [0.25, 0.3) is 0 Å². The van der Waals surface area contributed by atoms with Crippen LogP contribution in [-0.4, -0.2) is 70.5 Å². The Morgan fingerprint density at radius 2 is 1.68 bits per heavy atom. The van der Waals surface area contributed by atoms with E-state index >= 15 is 0 Å². The third-order valence-electron chi connectivity index (χ3n) is 4.37. The summed E-state index contributed by atoms with van der Waals surface area (Å²) in [5.41, 5.74) is -3.41. The number of hydroxylamine groups is 2. The fraction of sp³-hybridized carbons (Fsp3) is 0.750. The van der Waals surface area contributed by atoms with Crippen LogP contribution in [-0.2, 0) is 23.9 Å². The lowest BCUT2D eigenvalue weighted by Gasteiger charge is -2.38. The molecule has 174 valence electrons. The van der Waals surface area contributed by atoms with Crippen LogP contribution in [0.15, 0.2) is 10.3 Å². The number of carbonyl (C=O) groups excluding carboxylic acids is 3. The van der Waals surface area contributed by atoms with E-state index < -0.39 is 34.9 Å². The molecule has 0 aromatic heterocycles. The molecule has 0 aromatic rings. The van der Waals surface area contributed by atoms with Crippen LogP contribution < -0.4 is 0 Å². The Bertz CT molecular complexity index is 805. The fourth-order valence-corrected chi connectivity index (χ4v) is 3.13. The van der Waals surface area contributed by atoms with E-state index in [-0.39, 0.29) is 11.6 Å². The molecular formula is C20H32N4O7. The lowest BCUT2D eigenvalue weighted by molar-refractivity contribution is -0.169. The average Bonchev–Trinajstić information content (AvgIpc) is 3.38. The Morgan fingerprint density at radius 3 is 2.13 bits per heavy atom. The van der Waals surface area contributed by atoms with Gasteiger partial charge in [0.05, 0.1) is 11.4 Å². The molecule has 0 aromatic carbocycles. The molecule has 11 heteroatoms. The minimum Gasteiger partial charge on any atom is -0.442 e. The molecule has 2 amide bonds. The van der Waals surface area contributed by atoms with Crippen molar-refractivity contribution in [2.75, 3.05) is 14.2 Å². The summed E-state index contributed by atoms with van der Waals surface area (Å²) in [4.78, 5) is 49.5. The second kappa shape index (κ2) is 8.35. The van der Waals surface area contributed by atoms with Crippen molar-refractivity contribution in [3.63, 3.8) is 0 Å². The normalized spacial score (nSPS) is 22.1. The number of hydrazone groups is 1. The maximum absolute atomic E-state index is 13.5. The van der Waals surface area contributed by atoms with Crippen LogP contribution >= 0.6 is 0 Å². The van der Waals surface area contributed by atoms with Crippen molar-refractivity contribution in [1.29, 1.82) is 0 Å². The van der Waals surface area contributed by atoms with Crippen LogP contribution in [0, 0.1) is 5.92 Å². The number of amides is 2. The average molecular weight is 440 g/mol. The molecule has 1 unspecified atom stereocenters. The van der Waals surface area contributed by atoms with E-state index in [0.717, 1.165) is 17.9 Å². The summed E-state index contributed by atoms with van der Waals surface area (Å²) in [5.74, 6) is -0.731. The second-order valence-electron chi connectivity index (χ2n) is 9.49. The Kier molecular flexibility index (Phi) is 6.58. The van der Waals surface area contributed by atoms with Crippen molar-refractivity contribution in [1.82, 2.24) is 10.1 Å². The highest BCUT2D eigenvalue weighted by Crippen LogP contribution is 2.42. The molecule has 2 rings (SSSR count). The molecular weight excluding hydrogens is 408 g/mol. The van der Waals surface area contributed by atoms with Crippen molar-refractivity contribution in [3.05, 3.63) is 0 Å². The Hall–Kier alpha value is -2.85. The molecule has 0 N–H and O–H groups in total. The van der Waals surface area contributed by atoms with Crippen LogP contribution in [0.4, 0.5) is 9.59 Å². The summed E-state index contributed by atoms with van der Waals surface area (Å²) in [6.07, 6.45) is -0.728. The largest absolute Gasteiger partial charge is 0.534 e. The molecule has 0 bridgehead atoms. The maximum atomic E-state index is 13.5. The van der Waals surface area contributed by atoms with E-state index in [1.807, 2.05) is 0 Å². The van der Waals surface area contributed by atoms with Gasteiger partial charge in [0.25, 0.3) is 5.91 Å². The molecule has 0 saturated heterocycles. The lowest BCUT2D eigenvalue weighted by Crippen LogP contribution is -2.66. The van der Waals surface area contributed by atoms with Crippen LogP contribution in [0.5, 0.6) is 0 Å². The number of rotatable bonds is 4. The van der Waals surface area contributed by atoms with Gasteiger partial charge in [0.2, 0.25) is 5.54 Å². The van der Waals surface area contributed by atoms with Crippen molar-refractivity contribution >= 4 is 29.6 Å². The van der Waals surface area contributed by atoms with Crippen molar-refractivity contribution < 1.29 is 33.5 Å². The topological polar surface area (TPSA) is 119 Å². The summed E-state index contributed by atoms with van der Waals surface area (Å²) < 4.78 is 10.7. The monoisotopic (exact) mass is 440 g/mol. The first-order valence-corrected chi connectivity index (χ1v) is 10.0. The maximum Gasteiger partial charge on any atom is 0.534 e. The Balaban J connectivity index is 2.65. The molecule has 0 radical (unpaired) electrons. The summed E-state index contributed by atoms with van der Waals surface area (Å²) in [6, 6.07) is 0. The zero-order valence-electron chi connectivity index (χ0n) is 19.6. The first-order valence-electron chi connectivity index (χ1n) is 10.0. The van der Waals surface area contributed by atoms with Gasteiger partial charge in [-0.15, -0.1) is 5.06 Å². The van der Waals surface area contributed by atoms with E-state index in [1.54, 1.807) is 41.5 Å². The van der Waals surface area contributed by atoms with Gasteiger partial charge in [-0.3, -0.25) is 9.63 Å². The quantitative estimate of drug-likeness (QED) is 0.374. The number of hydrogen-bond acceptors (Lipinski definition) is 9. The van der Waals surface area contributed by atoms with Gasteiger partial charge in [-0.05, 0) is 61.3 Å². The zero-order valence-corrected chi connectivity index (χ0v) is 19.6. The summed E-state index contributed by atoms with van der Waals surface area (Å²) in [6.45, 7) is 11.4. The summed E-state index contributed by atoms with van der Waals surface area (Å²) in [7, 11) is 2.76. The third-order valence-corrected chi connectivity index (χ3v) is 4.37. The molecule has 2 aliphatic rings. The van der Waals surface area contributed by atoms with Gasteiger partial charge in [0.15, 0.2) is 0 Å². The summed E-state index contributed by atoms with van der Waals surface area (Å²) in [5, 5.41) is 9.94. The Labute approximate surface area is 182 Å². The van der Waals surface area contributed by atoms with Gasteiger partial charge in [-0.25, -0.2) is 14.6 Å². The van der Waals surface area contributed by atoms with Crippen LogP contribution in [0.1, 0.15) is 61.3 Å². The van der Waals surface area contributed by atoms with Crippen molar-refractivity contribution in [2.24, 2.45) is 16.2 Å². The first-order chi connectivity index (χ1) is 14.1. The molecule has 1 fully saturated rings. The number of carbonyl (C=O) groups is 3. The van der Waals surface area contributed by atoms with Gasteiger partial charge in [0, 0.05) is 13.0 Å². The molecule has 0 spiro atoms. The fourth-order valence-electron chi connectivity index (χ4n) is 3.13. The number of oxime groups is 1. The molecule has 1 aliphatic heterocycles. The predicted molar refractivity (Wildman–Crippen MR) is 111 cm³/mol. The zero-order chi connectivity index (χ0) is 23.8. The van der Waals surface area contributed by atoms with Gasteiger partial charge >= 0.3 is 12.2 Å². The van der Waals surface area contributed by atoms with Gasteiger partial charge in [-0.1, -0.05) is 5.16 Å². The molecule has 31 heavy (non-hydrogen) atoms. The van der Waals surface area contributed by atoms with Crippen molar-refractivity contribution in [2.45, 2.75) is 78.0 Å². The van der Waals surface area contributed by atoms with Crippen LogP contribution in [0.2, 0.25) is 0 Å². The van der Waals surface area contributed by atoms with Crippen LogP contribution in [0.3, 0.4) is 0 Å². The van der Waals surface area contributed by atoms with E-state index in [0.29, 0.717) is 10.8 Å². The Morgan fingerprint density at radius 1 is 1.13 bits per heavy atom. The third kappa shape index (κ3) is 5.26. The van der Waals surface area contributed by atoms with Gasteiger partial charge < -0.3 is 14.3 Å². The number of hydrogen-bond donors (Lipinski definition) is 0. The second-order valence-corrected chi connectivity index (χ2v) is 9.49. The van der Waals surface area contributed by atoms with Gasteiger partial charge in [0.1, 0.15) is 18.3 Å². The number of likely N-dealkylation sites (N-methyl/N-ethyl adjacent to an activating group) is 1. The number of ether oxygens (including phenoxy) is 2. The summed E-state index contributed by atoms with van der Waals surface area (Å²) >= 11 is 0. The number of nitrogens with zero attached hydrogens (tertiary/aromatic N) is 4.